The number of hydrogen-bond donors (Lipinski definition) is 3. The van der Waals surface area contributed by atoms with Crippen LogP contribution in [0.25, 0.3) is 0 Å². The second-order valence-electron chi connectivity index (χ2n) is 17.7. The molecule has 2 fully saturated rings. The van der Waals surface area contributed by atoms with E-state index in [1.165, 1.54) is 33.3 Å². The maximum Gasteiger partial charge on any atom is 0.330 e. The third-order valence-corrected chi connectivity index (χ3v) is 11.1. The van der Waals surface area contributed by atoms with Gasteiger partial charge in [0.25, 0.3) is 0 Å². The van der Waals surface area contributed by atoms with Crippen LogP contribution in [0, 0.1) is 16.2 Å². The van der Waals surface area contributed by atoms with Crippen molar-refractivity contribution in [3.63, 3.8) is 0 Å². The number of hydrogen-bond acceptors (Lipinski definition) is 14. The van der Waals surface area contributed by atoms with Crippen molar-refractivity contribution < 1.29 is 67.7 Å². The second kappa shape index (κ2) is 17.9. The summed E-state index contributed by atoms with van der Waals surface area (Å²) in [6.45, 7) is 14.0. The number of rotatable bonds is 4. The van der Waals surface area contributed by atoms with Crippen molar-refractivity contribution in [1.82, 2.24) is 0 Å². The number of carbonyl (C=O) groups excluding carboxylic acids is 4. The normalized spacial score (nSPS) is 35.1. The van der Waals surface area contributed by atoms with E-state index in [1.54, 1.807) is 40.7 Å². The number of esters is 4. The minimum Gasteiger partial charge on any atom is -0.493 e. The predicted molar refractivity (Wildman–Crippen MR) is 202 cm³/mol. The minimum atomic E-state index is -1.97. The molecule has 0 saturated carbocycles. The lowest BCUT2D eigenvalue weighted by atomic mass is 9.70. The highest BCUT2D eigenvalue weighted by atomic mass is 16.6. The molecule has 0 radical (unpaired) electrons. The molecule has 56 heavy (non-hydrogen) atoms. The molecule has 0 spiro atoms. The molecular weight excluding hydrogens is 728 g/mol. The Balaban J connectivity index is 1.81. The van der Waals surface area contributed by atoms with Gasteiger partial charge in [-0.25, -0.2) is 9.59 Å². The highest BCUT2D eigenvalue weighted by Gasteiger charge is 2.58. The van der Waals surface area contributed by atoms with Crippen LogP contribution in [-0.4, -0.2) is 108 Å². The third kappa shape index (κ3) is 11.5. The van der Waals surface area contributed by atoms with Gasteiger partial charge in [0, 0.05) is 49.7 Å². The molecule has 4 aliphatic rings. The van der Waals surface area contributed by atoms with Crippen LogP contribution in [0.5, 0.6) is 0 Å². The van der Waals surface area contributed by atoms with Gasteiger partial charge in [0.1, 0.15) is 24.1 Å². The van der Waals surface area contributed by atoms with Crippen molar-refractivity contribution in [3.05, 3.63) is 47.3 Å². The Hall–Kier alpha value is -3.56. The molecule has 6 bridgehead atoms. The molecule has 4 aliphatic heterocycles. The predicted octanol–water partition coefficient (Wildman–Crippen LogP) is 4.68. The molecule has 14 nitrogen and oxygen atoms in total. The lowest BCUT2D eigenvalue weighted by Crippen LogP contribution is -2.62. The molecule has 314 valence electrons. The van der Waals surface area contributed by atoms with E-state index in [0.29, 0.717) is 17.8 Å². The fourth-order valence-corrected chi connectivity index (χ4v) is 7.44. The fraction of sp³-hybridized carbons (Fsp3) is 0.714. The Morgan fingerprint density at radius 3 is 2.20 bits per heavy atom. The van der Waals surface area contributed by atoms with E-state index in [-0.39, 0.29) is 38.5 Å². The summed E-state index contributed by atoms with van der Waals surface area (Å²) in [5.41, 5.74) is -1.49. The molecule has 4 heterocycles. The molecule has 9 atom stereocenters. The maximum atomic E-state index is 13.3. The number of methoxy groups -OCH3 is 2. The van der Waals surface area contributed by atoms with Gasteiger partial charge in [0.2, 0.25) is 0 Å². The molecule has 0 aliphatic carbocycles. The largest absolute Gasteiger partial charge is 0.493 e. The monoisotopic (exact) mass is 790 g/mol. The number of aliphatic hydroxyl groups excluding tert-OH is 2. The Kier molecular flexibility index (Phi) is 14.5. The van der Waals surface area contributed by atoms with E-state index in [0.717, 1.165) is 5.57 Å². The van der Waals surface area contributed by atoms with Crippen LogP contribution in [0.3, 0.4) is 0 Å². The molecule has 0 amide bonds. The van der Waals surface area contributed by atoms with Crippen molar-refractivity contribution in [2.45, 2.75) is 161 Å². The van der Waals surface area contributed by atoms with Crippen LogP contribution in [0.15, 0.2) is 47.3 Å². The van der Waals surface area contributed by atoms with Gasteiger partial charge in [-0.1, -0.05) is 31.6 Å². The average Bonchev–Trinajstić information content (AvgIpc) is 3.08. The smallest absolute Gasteiger partial charge is 0.330 e. The quantitative estimate of drug-likeness (QED) is 0.154. The van der Waals surface area contributed by atoms with E-state index < -0.39 is 101 Å². The Morgan fingerprint density at radius 1 is 0.911 bits per heavy atom. The topological polar surface area (TPSA) is 194 Å². The van der Waals surface area contributed by atoms with E-state index in [9.17, 15) is 34.5 Å². The van der Waals surface area contributed by atoms with Gasteiger partial charge in [-0.3, -0.25) is 9.59 Å². The van der Waals surface area contributed by atoms with Gasteiger partial charge in [-0.15, -0.1) is 0 Å². The first kappa shape index (κ1) is 45.1. The number of aliphatic hydroxyl groups is 3. The number of carbonyl (C=O) groups is 4. The van der Waals surface area contributed by atoms with Gasteiger partial charge >= 0.3 is 23.9 Å². The van der Waals surface area contributed by atoms with Crippen LogP contribution >= 0.6 is 0 Å². The maximum absolute atomic E-state index is 13.3. The first-order valence-corrected chi connectivity index (χ1v) is 19.4. The van der Waals surface area contributed by atoms with E-state index in [2.05, 4.69) is 0 Å². The molecule has 3 N–H and O–H groups in total. The summed E-state index contributed by atoms with van der Waals surface area (Å²) in [4.78, 5) is 51.3. The van der Waals surface area contributed by atoms with E-state index >= 15 is 0 Å². The molecule has 0 unspecified atom stereocenters. The number of allylic oxidation sites excluding steroid dienone is 2. The second-order valence-corrected chi connectivity index (χ2v) is 17.7. The Labute approximate surface area is 330 Å². The van der Waals surface area contributed by atoms with Crippen molar-refractivity contribution in [2.75, 3.05) is 14.2 Å². The average molecular weight is 791 g/mol. The SMILES string of the molecule is COC(=O)C=C1C=C2O[C@@H](C1)C[C@H]([C@@H](C)O)OC(=O)C[C@H](O)C[C@@H]1C[C@H](OC(=O)C(C)(C)C)C(C)(C)[C@](O)(C[C@@H]3C/C(=C\C(=O)OC)C[C@H](/C=C\C2(C)C)O3)O1. The molecule has 2 saturated heterocycles. The standard InChI is InChI=1S/C42H62O14/c1-24(43)32-21-29-14-26(18-36(46)51-10)16-33(53-29)40(5,6)12-11-28-13-25(17-35(45)50-9)15-31(52-28)23-42(49)41(7,8)34(55-38(48)39(2,3)4)22-30(56-42)19-27(44)20-37(47)54-32/h11-12,16-18,24,27-32,34,43-44,49H,13-15,19-23H2,1-10H3/b12-11-,25-17-,26-18?/t24-,27-,28+,29+,30-,31+,32-,34+,42+/m1/s1. The van der Waals surface area contributed by atoms with E-state index in [1.807, 2.05) is 26.0 Å². The van der Waals surface area contributed by atoms with Crippen LogP contribution in [0.1, 0.15) is 107 Å². The van der Waals surface area contributed by atoms with Gasteiger partial charge < -0.3 is 48.5 Å². The first-order valence-electron chi connectivity index (χ1n) is 19.4. The zero-order valence-corrected chi connectivity index (χ0v) is 34.5. The van der Waals surface area contributed by atoms with Crippen molar-refractivity contribution in [2.24, 2.45) is 16.2 Å². The van der Waals surface area contributed by atoms with Crippen molar-refractivity contribution in [3.8, 4) is 0 Å². The zero-order valence-electron chi connectivity index (χ0n) is 34.5. The fourth-order valence-electron chi connectivity index (χ4n) is 7.44. The Morgan fingerprint density at radius 2 is 1.57 bits per heavy atom. The van der Waals surface area contributed by atoms with Gasteiger partial charge in [-0.2, -0.15) is 0 Å². The molecule has 0 aromatic rings. The lowest BCUT2D eigenvalue weighted by Gasteiger charge is -2.54. The Bertz CT molecular complexity index is 1580. The third-order valence-electron chi connectivity index (χ3n) is 11.1. The summed E-state index contributed by atoms with van der Waals surface area (Å²) in [6, 6.07) is 0. The molecular formula is C42H62O14. The molecule has 4 rings (SSSR count). The lowest BCUT2D eigenvalue weighted by molar-refractivity contribution is -0.349. The number of ether oxygens (including phenoxy) is 7. The summed E-state index contributed by atoms with van der Waals surface area (Å²) in [7, 11) is 2.57. The summed E-state index contributed by atoms with van der Waals surface area (Å²) < 4.78 is 41.1. The van der Waals surface area contributed by atoms with Crippen molar-refractivity contribution >= 4 is 23.9 Å². The minimum absolute atomic E-state index is 0.0684. The number of cyclic esters (lactones) is 1. The highest BCUT2D eigenvalue weighted by Crippen LogP contribution is 2.49. The van der Waals surface area contributed by atoms with Crippen LogP contribution in [0.2, 0.25) is 0 Å². The highest BCUT2D eigenvalue weighted by molar-refractivity contribution is 5.83. The van der Waals surface area contributed by atoms with E-state index in [4.69, 9.17) is 33.2 Å². The van der Waals surface area contributed by atoms with Crippen molar-refractivity contribution in [1.29, 1.82) is 0 Å². The van der Waals surface area contributed by atoms with Gasteiger partial charge in [0.05, 0.1) is 62.0 Å². The molecule has 0 aromatic carbocycles. The van der Waals surface area contributed by atoms with Gasteiger partial charge in [0.15, 0.2) is 5.79 Å². The summed E-state index contributed by atoms with van der Waals surface area (Å²) in [5.74, 6) is -3.82. The van der Waals surface area contributed by atoms with Crippen LogP contribution in [-0.2, 0) is 52.3 Å². The summed E-state index contributed by atoms with van der Waals surface area (Å²) in [6.07, 6.45) is 1.70. The van der Waals surface area contributed by atoms with Gasteiger partial charge in [-0.05, 0) is 66.0 Å². The summed E-state index contributed by atoms with van der Waals surface area (Å²) in [5, 5.41) is 34.5. The van der Waals surface area contributed by atoms with Crippen LogP contribution in [0.4, 0.5) is 0 Å². The zero-order chi connectivity index (χ0) is 41.8. The van der Waals surface area contributed by atoms with Crippen LogP contribution < -0.4 is 0 Å². The molecule has 0 aromatic heterocycles. The number of fused-ring (bicyclic) bond motifs is 6. The molecule has 14 heteroatoms. The first-order chi connectivity index (χ1) is 25.9. The summed E-state index contributed by atoms with van der Waals surface area (Å²) >= 11 is 0.